The number of aryl methyl sites for hydroxylation is 1. The molecule has 1 saturated heterocycles. The Kier molecular flexibility index (Phi) is 3.69. The fourth-order valence-corrected chi connectivity index (χ4v) is 1.86. The van der Waals surface area contributed by atoms with E-state index in [9.17, 15) is 0 Å². The van der Waals surface area contributed by atoms with E-state index >= 15 is 0 Å². The highest BCUT2D eigenvalue weighted by Crippen LogP contribution is 2.21. The smallest absolute Gasteiger partial charge is 0.231 e. The van der Waals surface area contributed by atoms with E-state index in [1.807, 2.05) is 0 Å². The van der Waals surface area contributed by atoms with Gasteiger partial charge in [-0.3, -0.25) is 0 Å². The Morgan fingerprint density at radius 1 is 1.53 bits per heavy atom. The number of aromatic nitrogens is 2. The number of piperidine rings is 1. The lowest BCUT2D eigenvalue weighted by atomic mass is 10.00. The molecule has 1 aromatic rings. The van der Waals surface area contributed by atoms with E-state index in [-0.39, 0.29) is 0 Å². The molecule has 0 radical (unpaired) electrons. The van der Waals surface area contributed by atoms with Crippen LogP contribution in [0.5, 0.6) is 0 Å². The zero-order valence-corrected chi connectivity index (χ0v) is 8.91. The Morgan fingerprint density at radius 3 is 3.20 bits per heavy atom. The Morgan fingerprint density at radius 2 is 2.47 bits per heavy atom. The molecule has 3 N–H and O–H groups in total. The fourth-order valence-electron chi connectivity index (χ4n) is 1.86. The molecule has 5 heteroatoms. The SMILES string of the molecule is NCCCc1noc(C2CCCNC2)n1. The molecule has 84 valence electrons. The second-order valence-electron chi connectivity index (χ2n) is 3.98. The predicted octanol–water partition coefficient (Wildman–Crippen LogP) is 0.428. The molecule has 2 heterocycles. The van der Waals surface area contributed by atoms with Gasteiger partial charge in [-0.2, -0.15) is 4.98 Å². The highest BCUT2D eigenvalue weighted by atomic mass is 16.5. The molecular formula is C10H18N4O. The lowest BCUT2D eigenvalue weighted by molar-refractivity contribution is 0.320. The molecule has 1 aliphatic heterocycles. The maximum atomic E-state index is 5.43. The van der Waals surface area contributed by atoms with Crippen molar-refractivity contribution in [3.63, 3.8) is 0 Å². The maximum absolute atomic E-state index is 5.43. The van der Waals surface area contributed by atoms with E-state index in [4.69, 9.17) is 10.3 Å². The van der Waals surface area contributed by atoms with Gasteiger partial charge in [0, 0.05) is 13.0 Å². The van der Waals surface area contributed by atoms with Gasteiger partial charge in [0.1, 0.15) is 0 Å². The van der Waals surface area contributed by atoms with Gasteiger partial charge < -0.3 is 15.6 Å². The van der Waals surface area contributed by atoms with Gasteiger partial charge in [0.25, 0.3) is 0 Å². The van der Waals surface area contributed by atoms with E-state index in [1.165, 1.54) is 6.42 Å². The molecule has 0 aliphatic carbocycles. The molecule has 1 atom stereocenters. The van der Waals surface area contributed by atoms with Crippen LogP contribution < -0.4 is 11.1 Å². The van der Waals surface area contributed by atoms with Crippen molar-refractivity contribution in [1.29, 1.82) is 0 Å². The third-order valence-electron chi connectivity index (χ3n) is 2.73. The molecular weight excluding hydrogens is 192 g/mol. The molecule has 1 unspecified atom stereocenters. The summed E-state index contributed by atoms with van der Waals surface area (Å²) in [6, 6.07) is 0. The van der Waals surface area contributed by atoms with Gasteiger partial charge in [0.2, 0.25) is 5.89 Å². The third kappa shape index (κ3) is 2.76. The molecule has 1 aromatic heterocycles. The average molecular weight is 210 g/mol. The molecule has 0 amide bonds. The minimum atomic E-state index is 0.401. The minimum absolute atomic E-state index is 0.401. The lowest BCUT2D eigenvalue weighted by Gasteiger charge is -2.18. The normalized spacial score (nSPS) is 21.8. The summed E-state index contributed by atoms with van der Waals surface area (Å²) in [5, 5.41) is 7.30. The molecule has 1 aliphatic rings. The van der Waals surface area contributed by atoms with Crippen molar-refractivity contribution >= 4 is 0 Å². The number of nitrogens with zero attached hydrogens (tertiary/aromatic N) is 2. The van der Waals surface area contributed by atoms with Crippen LogP contribution in [0.3, 0.4) is 0 Å². The van der Waals surface area contributed by atoms with Crippen LogP contribution in [-0.2, 0) is 6.42 Å². The number of rotatable bonds is 4. The number of hydrogen-bond donors (Lipinski definition) is 2. The molecule has 2 rings (SSSR count). The van der Waals surface area contributed by atoms with Gasteiger partial charge in [-0.05, 0) is 32.4 Å². The monoisotopic (exact) mass is 210 g/mol. The Balaban J connectivity index is 1.93. The van der Waals surface area contributed by atoms with Crippen LogP contribution in [0.2, 0.25) is 0 Å². The Bertz CT molecular complexity index is 293. The Hall–Kier alpha value is -0.940. The van der Waals surface area contributed by atoms with Crippen molar-refractivity contribution < 1.29 is 4.52 Å². The van der Waals surface area contributed by atoms with Crippen LogP contribution in [0.1, 0.15) is 36.9 Å². The number of nitrogens with one attached hydrogen (secondary N) is 1. The van der Waals surface area contributed by atoms with Crippen LogP contribution in [0, 0.1) is 0 Å². The van der Waals surface area contributed by atoms with Crippen LogP contribution in [0.4, 0.5) is 0 Å². The summed E-state index contributed by atoms with van der Waals surface area (Å²) >= 11 is 0. The summed E-state index contributed by atoms with van der Waals surface area (Å²) < 4.78 is 5.26. The number of hydrogen-bond acceptors (Lipinski definition) is 5. The van der Waals surface area contributed by atoms with Crippen LogP contribution in [-0.4, -0.2) is 29.8 Å². The van der Waals surface area contributed by atoms with E-state index in [1.54, 1.807) is 0 Å². The van der Waals surface area contributed by atoms with Gasteiger partial charge in [-0.15, -0.1) is 0 Å². The molecule has 0 spiro atoms. The van der Waals surface area contributed by atoms with Gasteiger partial charge in [0.15, 0.2) is 5.82 Å². The maximum Gasteiger partial charge on any atom is 0.231 e. The zero-order valence-electron chi connectivity index (χ0n) is 8.91. The highest BCUT2D eigenvalue weighted by Gasteiger charge is 2.20. The Labute approximate surface area is 89.4 Å². The molecule has 15 heavy (non-hydrogen) atoms. The largest absolute Gasteiger partial charge is 0.339 e. The summed E-state index contributed by atoms with van der Waals surface area (Å²) in [5.74, 6) is 1.98. The van der Waals surface area contributed by atoms with Crippen LogP contribution in [0.25, 0.3) is 0 Å². The van der Waals surface area contributed by atoms with Crippen molar-refractivity contribution in [3.05, 3.63) is 11.7 Å². The lowest BCUT2D eigenvalue weighted by Crippen LogP contribution is -2.28. The highest BCUT2D eigenvalue weighted by molar-refractivity contribution is 4.96. The predicted molar refractivity (Wildman–Crippen MR) is 56.5 cm³/mol. The van der Waals surface area contributed by atoms with Gasteiger partial charge >= 0.3 is 0 Å². The molecule has 0 bridgehead atoms. The van der Waals surface area contributed by atoms with Crippen molar-refractivity contribution in [2.45, 2.75) is 31.6 Å². The zero-order chi connectivity index (χ0) is 10.5. The summed E-state index contributed by atoms with van der Waals surface area (Å²) in [7, 11) is 0. The molecule has 1 fully saturated rings. The summed E-state index contributed by atoms with van der Waals surface area (Å²) in [5.41, 5.74) is 5.43. The van der Waals surface area contributed by atoms with E-state index in [2.05, 4.69) is 15.5 Å². The first kappa shape index (κ1) is 10.6. The third-order valence-corrected chi connectivity index (χ3v) is 2.73. The first-order chi connectivity index (χ1) is 7.40. The van der Waals surface area contributed by atoms with E-state index < -0.39 is 0 Å². The van der Waals surface area contributed by atoms with Crippen molar-refractivity contribution in [3.8, 4) is 0 Å². The first-order valence-corrected chi connectivity index (χ1v) is 5.63. The van der Waals surface area contributed by atoms with Gasteiger partial charge in [-0.1, -0.05) is 5.16 Å². The first-order valence-electron chi connectivity index (χ1n) is 5.63. The quantitative estimate of drug-likeness (QED) is 0.753. The van der Waals surface area contributed by atoms with Gasteiger partial charge in [0.05, 0.1) is 5.92 Å². The van der Waals surface area contributed by atoms with E-state index in [0.29, 0.717) is 12.5 Å². The topological polar surface area (TPSA) is 77.0 Å². The standard InChI is InChI=1S/C10H18N4O/c11-5-1-4-9-13-10(15-14-9)8-3-2-6-12-7-8/h8,12H,1-7,11H2. The van der Waals surface area contributed by atoms with Crippen LogP contribution >= 0.6 is 0 Å². The second-order valence-corrected chi connectivity index (χ2v) is 3.98. The van der Waals surface area contributed by atoms with Crippen molar-refractivity contribution in [2.24, 2.45) is 5.73 Å². The van der Waals surface area contributed by atoms with Gasteiger partial charge in [-0.25, -0.2) is 0 Å². The van der Waals surface area contributed by atoms with Crippen molar-refractivity contribution in [2.75, 3.05) is 19.6 Å². The summed E-state index contributed by atoms with van der Waals surface area (Å²) in [6.07, 6.45) is 4.07. The summed E-state index contributed by atoms with van der Waals surface area (Å²) in [6.45, 7) is 2.73. The van der Waals surface area contributed by atoms with Crippen molar-refractivity contribution in [1.82, 2.24) is 15.5 Å². The molecule has 5 nitrogen and oxygen atoms in total. The fraction of sp³-hybridized carbons (Fsp3) is 0.800. The van der Waals surface area contributed by atoms with E-state index in [0.717, 1.165) is 44.1 Å². The number of nitrogens with two attached hydrogens (primary N) is 1. The molecule has 0 aromatic carbocycles. The molecule has 0 saturated carbocycles. The minimum Gasteiger partial charge on any atom is -0.339 e. The average Bonchev–Trinajstić information content (AvgIpc) is 2.76. The second kappa shape index (κ2) is 5.23. The van der Waals surface area contributed by atoms with Crippen LogP contribution in [0.15, 0.2) is 4.52 Å². The summed E-state index contributed by atoms with van der Waals surface area (Å²) in [4.78, 5) is 4.40.